The maximum absolute atomic E-state index is 11.9. The van der Waals surface area contributed by atoms with Crippen molar-refractivity contribution in [1.82, 2.24) is 10.4 Å². The Morgan fingerprint density at radius 3 is 2.16 bits per heavy atom. The second kappa shape index (κ2) is 5.73. The van der Waals surface area contributed by atoms with E-state index >= 15 is 0 Å². The molecule has 5 heteroatoms. The first-order valence-corrected chi connectivity index (χ1v) is 6.03. The SMILES string of the molecule is Cc1ccc(C(=O)NN(C)C(=O)OC(C)(C)C)cc1. The summed E-state index contributed by atoms with van der Waals surface area (Å²) in [7, 11) is 1.44. The van der Waals surface area contributed by atoms with E-state index in [-0.39, 0.29) is 5.91 Å². The van der Waals surface area contributed by atoms with Crippen LogP contribution in [0.3, 0.4) is 0 Å². The Morgan fingerprint density at radius 2 is 1.68 bits per heavy atom. The number of ether oxygens (including phenoxy) is 1. The van der Waals surface area contributed by atoms with Crippen molar-refractivity contribution in [3.05, 3.63) is 35.4 Å². The molecule has 0 aliphatic heterocycles. The Labute approximate surface area is 113 Å². The summed E-state index contributed by atoms with van der Waals surface area (Å²) in [5, 5.41) is 1.04. The number of rotatable bonds is 1. The predicted molar refractivity (Wildman–Crippen MR) is 72.6 cm³/mol. The van der Waals surface area contributed by atoms with Crippen LogP contribution in [0.4, 0.5) is 4.79 Å². The Bertz CT molecular complexity index is 461. The molecule has 0 fully saturated rings. The van der Waals surface area contributed by atoms with E-state index in [1.807, 2.05) is 19.1 Å². The number of carbonyl (C=O) groups is 2. The first-order chi connectivity index (χ1) is 8.69. The average Bonchev–Trinajstić information content (AvgIpc) is 2.27. The molecule has 0 saturated heterocycles. The van der Waals surface area contributed by atoms with Gasteiger partial charge in [0.05, 0.1) is 0 Å². The van der Waals surface area contributed by atoms with Gasteiger partial charge < -0.3 is 4.74 Å². The Kier molecular flexibility index (Phi) is 4.53. The van der Waals surface area contributed by atoms with Crippen molar-refractivity contribution in [2.75, 3.05) is 7.05 Å². The number of hydrogen-bond donors (Lipinski definition) is 1. The van der Waals surface area contributed by atoms with Gasteiger partial charge in [-0.25, -0.2) is 9.80 Å². The third kappa shape index (κ3) is 4.99. The second-order valence-electron chi connectivity index (χ2n) is 5.35. The Hall–Kier alpha value is -2.04. The third-order valence-electron chi connectivity index (χ3n) is 2.25. The number of hydrazine groups is 1. The fourth-order valence-electron chi connectivity index (χ4n) is 1.30. The normalized spacial score (nSPS) is 10.8. The highest BCUT2D eigenvalue weighted by Crippen LogP contribution is 2.08. The number of aryl methyl sites for hydroxylation is 1. The molecule has 0 spiro atoms. The standard InChI is InChI=1S/C14H20N2O3/c1-10-6-8-11(9-7-10)12(17)15-16(5)13(18)19-14(2,3)4/h6-9H,1-5H3,(H,15,17). The van der Waals surface area contributed by atoms with Gasteiger partial charge >= 0.3 is 6.09 Å². The van der Waals surface area contributed by atoms with Gasteiger partial charge in [-0.05, 0) is 39.8 Å². The summed E-state index contributed by atoms with van der Waals surface area (Å²) in [6.45, 7) is 7.23. The van der Waals surface area contributed by atoms with Crippen molar-refractivity contribution in [2.45, 2.75) is 33.3 Å². The molecule has 0 saturated carbocycles. The van der Waals surface area contributed by atoms with Crippen molar-refractivity contribution in [2.24, 2.45) is 0 Å². The number of amides is 2. The van der Waals surface area contributed by atoms with Crippen molar-refractivity contribution in [1.29, 1.82) is 0 Å². The minimum atomic E-state index is -0.604. The minimum Gasteiger partial charge on any atom is -0.442 e. The van der Waals surface area contributed by atoms with Gasteiger partial charge in [-0.3, -0.25) is 10.2 Å². The first-order valence-electron chi connectivity index (χ1n) is 6.03. The molecule has 0 radical (unpaired) electrons. The topological polar surface area (TPSA) is 58.6 Å². The van der Waals surface area contributed by atoms with Gasteiger partial charge in [0.25, 0.3) is 5.91 Å². The molecular formula is C14H20N2O3. The lowest BCUT2D eigenvalue weighted by Crippen LogP contribution is -2.45. The van der Waals surface area contributed by atoms with E-state index in [0.717, 1.165) is 10.6 Å². The highest BCUT2D eigenvalue weighted by Gasteiger charge is 2.21. The number of benzene rings is 1. The maximum Gasteiger partial charge on any atom is 0.428 e. The van der Waals surface area contributed by atoms with Gasteiger partial charge in [0.1, 0.15) is 5.60 Å². The summed E-state index contributed by atoms with van der Waals surface area (Å²) in [6, 6.07) is 7.08. The van der Waals surface area contributed by atoms with Crippen LogP contribution in [0.2, 0.25) is 0 Å². The zero-order chi connectivity index (χ0) is 14.6. The quantitative estimate of drug-likeness (QED) is 0.793. The molecule has 0 aliphatic rings. The summed E-state index contributed by atoms with van der Waals surface area (Å²) < 4.78 is 5.13. The van der Waals surface area contributed by atoms with Gasteiger partial charge in [-0.2, -0.15) is 0 Å². The van der Waals surface area contributed by atoms with Crippen LogP contribution < -0.4 is 5.43 Å². The Morgan fingerprint density at radius 1 is 1.16 bits per heavy atom. The molecule has 0 atom stereocenters. The van der Waals surface area contributed by atoms with Crippen LogP contribution in [0, 0.1) is 6.92 Å². The average molecular weight is 264 g/mol. The van der Waals surface area contributed by atoms with Crippen LogP contribution in [-0.2, 0) is 4.74 Å². The summed E-state index contributed by atoms with van der Waals surface area (Å²) in [6.07, 6.45) is -0.604. The number of nitrogens with zero attached hydrogens (tertiary/aromatic N) is 1. The summed E-state index contributed by atoms with van der Waals surface area (Å²) in [5.74, 6) is -0.353. The number of nitrogens with one attached hydrogen (secondary N) is 1. The molecule has 0 heterocycles. The highest BCUT2D eigenvalue weighted by molar-refractivity contribution is 5.94. The van der Waals surface area contributed by atoms with Crippen LogP contribution in [-0.4, -0.2) is 29.7 Å². The maximum atomic E-state index is 11.9. The van der Waals surface area contributed by atoms with Gasteiger partial charge in [-0.15, -0.1) is 0 Å². The van der Waals surface area contributed by atoms with E-state index in [0.29, 0.717) is 5.56 Å². The zero-order valence-electron chi connectivity index (χ0n) is 12.0. The second-order valence-corrected chi connectivity index (χ2v) is 5.35. The van der Waals surface area contributed by atoms with Crippen LogP contribution in [0.1, 0.15) is 36.7 Å². The predicted octanol–water partition coefficient (Wildman–Crippen LogP) is 2.51. The fraction of sp³-hybridized carbons (Fsp3) is 0.429. The lowest BCUT2D eigenvalue weighted by atomic mass is 10.1. The smallest absolute Gasteiger partial charge is 0.428 e. The molecule has 0 unspecified atom stereocenters. The molecular weight excluding hydrogens is 244 g/mol. The van der Waals surface area contributed by atoms with Crippen LogP contribution in [0.15, 0.2) is 24.3 Å². The number of hydrogen-bond acceptors (Lipinski definition) is 3. The molecule has 1 aromatic carbocycles. The van der Waals surface area contributed by atoms with Gasteiger partial charge in [0.2, 0.25) is 0 Å². The van der Waals surface area contributed by atoms with Gasteiger partial charge in [0, 0.05) is 12.6 Å². The van der Waals surface area contributed by atoms with Crippen molar-refractivity contribution >= 4 is 12.0 Å². The largest absolute Gasteiger partial charge is 0.442 e. The van der Waals surface area contributed by atoms with E-state index in [4.69, 9.17) is 4.74 Å². The monoisotopic (exact) mass is 264 g/mol. The van der Waals surface area contributed by atoms with Crippen LogP contribution >= 0.6 is 0 Å². The molecule has 0 aromatic heterocycles. The van der Waals surface area contributed by atoms with E-state index in [1.54, 1.807) is 32.9 Å². The van der Waals surface area contributed by atoms with Gasteiger partial charge in [-0.1, -0.05) is 17.7 Å². The fourth-order valence-corrected chi connectivity index (χ4v) is 1.30. The molecule has 19 heavy (non-hydrogen) atoms. The van der Waals surface area contributed by atoms with E-state index in [1.165, 1.54) is 7.05 Å². The van der Waals surface area contributed by atoms with Crippen molar-refractivity contribution < 1.29 is 14.3 Å². The molecule has 0 bridgehead atoms. The van der Waals surface area contributed by atoms with Crippen LogP contribution in [0.25, 0.3) is 0 Å². The van der Waals surface area contributed by atoms with E-state index in [2.05, 4.69) is 5.43 Å². The summed E-state index contributed by atoms with van der Waals surface area (Å²) in [4.78, 5) is 23.5. The molecule has 1 aromatic rings. The number of carbonyl (C=O) groups excluding carboxylic acids is 2. The van der Waals surface area contributed by atoms with E-state index < -0.39 is 11.7 Å². The lowest BCUT2D eigenvalue weighted by Gasteiger charge is -2.24. The first kappa shape index (κ1) is 15.0. The molecule has 1 rings (SSSR count). The highest BCUT2D eigenvalue weighted by atomic mass is 16.6. The van der Waals surface area contributed by atoms with Crippen molar-refractivity contribution in [3.63, 3.8) is 0 Å². The summed E-state index contributed by atoms with van der Waals surface area (Å²) in [5.41, 5.74) is 3.41. The molecule has 104 valence electrons. The van der Waals surface area contributed by atoms with Crippen molar-refractivity contribution in [3.8, 4) is 0 Å². The van der Waals surface area contributed by atoms with Crippen LogP contribution in [0.5, 0.6) is 0 Å². The summed E-state index contributed by atoms with van der Waals surface area (Å²) >= 11 is 0. The lowest BCUT2D eigenvalue weighted by molar-refractivity contribution is 0.0195. The van der Waals surface area contributed by atoms with E-state index in [9.17, 15) is 9.59 Å². The molecule has 5 nitrogen and oxygen atoms in total. The molecule has 0 aliphatic carbocycles. The minimum absolute atomic E-state index is 0.353. The third-order valence-corrected chi connectivity index (χ3v) is 2.25. The molecule has 2 amide bonds. The van der Waals surface area contributed by atoms with Gasteiger partial charge in [0.15, 0.2) is 0 Å². The molecule has 1 N–H and O–H groups in total. The zero-order valence-corrected chi connectivity index (χ0v) is 12.0. The Balaban J connectivity index is 2.61.